The van der Waals surface area contributed by atoms with Crippen molar-refractivity contribution in [3.63, 3.8) is 0 Å². The highest BCUT2D eigenvalue weighted by Crippen LogP contribution is 2.09. The monoisotopic (exact) mass is 218 g/mol. The van der Waals surface area contributed by atoms with Crippen LogP contribution in [0.4, 0.5) is 0 Å². The van der Waals surface area contributed by atoms with Gasteiger partial charge in [0.2, 0.25) is 5.79 Å². The molecule has 0 heterocycles. The molecule has 0 aliphatic rings. The maximum Gasteiger partial charge on any atom is 0.308 e. The number of aliphatic hydroxyl groups is 2. The first kappa shape index (κ1) is 14.4. The molecule has 15 heavy (non-hydrogen) atoms. The second kappa shape index (κ2) is 7.65. The van der Waals surface area contributed by atoms with Crippen LogP contribution in [-0.2, 0) is 9.53 Å². The third-order valence-corrected chi connectivity index (χ3v) is 2.11. The predicted molar refractivity (Wildman–Crippen MR) is 57.2 cm³/mol. The molecule has 0 rings (SSSR count). The van der Waals surface area contributed by atoms with E-state index in [2.05, 4.69) is 11.7 Å². The molecule has 0 aliphatic carbocycles. The molecule has 1 unspecified atom stereocenters. The number of ether oxygens (including phenoxy) is 1. The van der Waals surface area contributed by atoms with Crippen LogP contribution in [0.15, 0.2) is 0 Å². The van der Waals surface area contributed by atoms with Gasteiger partial charge >= 0.3 is 5.97 Å². The summed E-state index contributed by atoms with van der Waals surface area (Å²) >= 11 is 0. The van der Waals surface area contributed by atoms with E-state index in [0.29, 0.717) is 6.42 Å². The summed E-state index contributed by atoms with van der Waals surface area (Å²) in [5.74, 6) is -2.19. The molecule has 0 bridgehead atoms. The van der Waals surface area contributed by atoms with Gasteiger partial charge in [-0.1, -0.05) is 32.6 Å². The van der Waals surface area contributed by atoms with E-state index in [9.17, 15) is 9.90 Å². The van der Waals surface area contributed by atoms with Crippen molar-refractivity contribution < 1.29 is 19.7 Å². The molecule has 2 N–H and O–H groups in total. The molecule has 0 aromatic rings. The molecular weight excluding hydrogens is 196 g/mol. The fourth-order valence-electron chi connectivity index (χ4n) is 1.20. The molecule has 0 aliphatic heterocycles. The SMILES string of the molecule is CCCCCCCC(=O)OC(C)(O)CO. The Labute approximate surface area is 91.3 Å². The second-order valence-electron chi connectivity index (χ2n) is 3.97. The number of carbonyl (C=O) groups is 1. The largest absolute Gasteiger partial charge is 0.431 e. The number of hydrogen-bond donors (Lipinski definition) is 2. The zero-order valence-corrected chi connectivity index (χ0v) is 9.66. The number of hydrogen-bond acceptors (Lipinski definition) is 4. The Morgan fingerprint density at radius 1 is 1.27 bits per heavy atom. The fourth-order valence-corrected chi connectivity index (χ4v) is 1.20. The number of rotatable bonds is 8. The molecule has 0 amide bonds. The standard InChI is InChI=1S/C11H22O4/c1-3-4-5-6-7-8-10(13)15-11(2,14)9-12/h12,14H,3-9H2,1-2H3. The third kappa shape index (κ3) is 8.39. The normalized spacial score (nSPS) is 14.7. The first-order valence-corrected chi connectivity index (χ1v) is 5.57. The fraction of sp³-hybridized carbons (Fsp3) is 0.909. The van der Waals surface area contributed by atoms with Crippen molar-refractivity contribution in [2.24, 2.45) is 0 Å². The number of unbranched alkanes of at least 4 members (excludes halogenated alkanes) is 4. The van der Waals surface area contributed by atoms with E-state index in [1.165, 1.54) is 19.8 Å². The summed E-state index contributed by atoms with van der Waals surface area (Å²) < 4.78 is 4.66. The average Bonchev–Trinajstić information content (AvgIpc) is 2.17. The summed E-state index contributed by atoms with van der Waals surface area (Å²) in [7, 11) is 0. The van der Waals surface area contributed by atoms with E-state index in [-0.39, 0.29) is 0 Å². The maximum absolute atomic E-state index is 11.2. The summed E-state index contributed by atoms with van der Waals surface area (Å²) in [5, 5.41) is 17.9. The molecule has 0 aromatic carbocycles. The molecule has 90 valence electrons. The van der Waals surface area contributed by atoms with Crippen molar-refractivity contribution in [2.75, 3.05) is 6.61 Å². The molecule has 4 nitrogen and oxygen atoms in total. The van der Waals surface area contributed by atoms with Gasteiger partial charge < -0.3 is 14.9 Å². The lowest BCUT2D eigenvalue weighted by Crippen LogP contribution is -2.35. The molecule has 1 atom stereocenters. The van der Waals surface area contributed by atoms with Crippen molar-refractivity contribution in [3.05, 3.63) is 0 Å². The van der Waals surface area contributed by atoms with Crippen LogP contribution in [0.25, 0.3) is 0 Å². The van der Waals surface area contributed by atoms with Gasteiger partial charge in [0.05, 0.1) is 0 Å². The minimum atomic E-state index is -1.74. The number of esters is 1. The van der Waals surface area contributed by atoms with Gasteiger partial charge in [0, 0.05) is 13.3 Å². The Hall–Kier alpha value is -0.610. The number of carbonyl (C=O) groups excluding carboxylic acids is 1. The molecule has 4 heteroatoms. The molecule has 0 aromatic heterocycles. The highest BCUT2D eigenvalue weighted by molar-refractivity contribution is 5.69. The summed E-state index contributed by atoms with van der Waals surface area (Å²) in [6.07, 6.45) is 5.57. The van der Waals surface area contributed by atoms with Crippen LogP contribution in [-0.4, -0.2) is 28.6 Å². The van der Waals surface area contributed by atoms with E-state index in [1.807, 2.05) is 0 Å². The van der Waals surface area contributed by atoms with Gasteiger partial charge in [0.15, 0.2) is 0 Å². The summed E-state index contributed by atoms with van der Waals surface area (Å²) in [6, 6.07) is 0. The van der Waals surface area contributed by atoms with E-state index in [1.54, 1.807) is 0 Å². The zero-order chi connectivity index (χ0) is 11.7. The minimum Gasteiger partial charge on any atom is -0.431 e. The predicted octanol–water partition coefficient (Wildman–Crippen LogP) is 1.59. The Kier molecular flexibility index (Phi) is 7.34. The van der Waals surface area contributed by atoms with Gasteiger partial charge in [0.1, 0.15) is 6.61 Å². The van der Waals surface area contributed by atoms with E-state index < -0.39 is 18.4 Å². The molecule has 0 spiro atoms. The van der Waals surface area contributed by atoms with Crippen molar-refractivity contribution in [1.82, 2.24) is 0 Å². The maximum atomic E-state index is 11.2. The molecular formula is C11H22O4. The summed E-state index contributed by atoms with van der Waals surface area (Å²) in [6.45, 7) is 2.82. The Morgan fingerprint density at radius 3 is 2.40 bits per heavy atom. The number of aliphatic hydroxyl groups excluding tert-OH is 1. The first-order valence-electron chi connectivity index (χ1n) is 5.57. The van der Waals surface area contributed by atoms with Gasteiger partial charge in [-0.2, -0.15) is 0 Å². The van der Waals surface area contributed by atoms with Gasteiger partial charge in [-0.15, -0.1) is 0 Å². The lowest BCUT2D eigenvalue weighted by atomic mass is 10.1. The highest BCUT2D eigenvalue weighted by atomic mass is 16.7. The van der Waals surface area contributed by atoms with Crippen molar-refractivity contribution >= 4 is 5.97 Å². The van der Waals surface area contributed by atoms with Crippen LogP contribution in [0.3, 0.4) is 0 Å². The lowest BCUT2D eigenvalue weighted by Gasteiger charge is -2.20. The summed E-state index contributed by atoms with van der Waals surface area (Å²) in [4.78, 5) is 11.2. The van der Waals surface area contributed by atoms with Crippen molar-refractivity contribution in [2.45, 2.75) is 58.2 Å². The molecule has 0 saturated carbocycles. The van der Waals surface area contributed by atoms with E-state index >= 15 is 0 Å². The van der Waals surface area contributed by atoms with Gasteiger partial charge in [-0.25, -0.2) is 0 Å². The zero-order valence-electron chi connectivity index (χ0n) is 9.66. The Morgan fingerprint density at radius 2 is 1.87 bits per heavy atom. The van der Waals surface area contributed by atoms with Gasteiger partial charge in [0.25, 0.3) is 0 Å². The van der Waals surface area contributed by atoms with E-state index in [0.717, 1.165) is 19.3 Å². The van der Waals surface area contributed by atoms with Crippen LogP contribution >= 0.6 is 0 Å². The second-order valence-corrected chi connectivity index (χ2v) is 3.97. The minimum absolute atomic E-state index is 0.305. The van der Waals surface area contributed by atoms with Crippen LogP contribution in [0.2, 0.25) is 0 Å². The van der Waals surface area contributed by atoms with Crippen molar-refractivity contribution in [3.8, 4) is 0 Å². The molecule has 0 fully saturated rings. The highest BCUT2D eigenvalue weighted by Gasteiger charge is 2.23. The van der Waals surface area contributed by atoms with Crippen molar-refractivity contribution in [1.29, 1.82) is 0 Å². The first-order chi connectivity index (χ1) is 7.02. The van der Waals surface area contributed by atoms with Gasteiger partial charge in [-0.3, -0.25) is 4.79 Å². The Balaban J connectivity index is 3.49. The quantitative estimate of drug-likeness (QED) is 0.369. The topological polar surface area (TPSA) is 66.8 Å². The van der Waals surface area contributed by atoms with Crippen LogP contribution in [0.1, 0.15) is 52.4 Å². The van der Waals surface area contributed by atoms with Crippen LogP contribution in [0, 0.1) is 0 Å². The smallest absolute Gasteiger partial charge is 0.308 e. The molecule has 0 saturated heterocycles. The summed E-state index contributed by atoms with van der Waals surface area (Å²) in [5.41, 5.74) is 0. The van der Waals surface area contributed by atoms with Crippen LogP contribution in [0.5, 0.6) is 0 Å². The van der Waals surface area contributed by atoms with Gasteiger partial charge in [-0.05, 0) is 6.42 Å². The molecule has 0 radical (unpaired) electrons. The van der Waals surface area contributed by atoms with E-state index in [4.69, 9.17) is 5.11 Å². The van der Waals surface area contributed by atoms with Crippen LogP contribution < -0.4 is 0 Å². The Bertz CT molecular complexity index is 177. The third-order valence-electron chi connectivity index (χ3n) is 2.11. The average molecular weight is 218 g/mol. The lowest BCUT2D eigenvalue weighted by molar-refractivity contribution is -0.214.